The highest BCUT2D eigenvalue weighted by Gasteiger charge is 2.32. The highest BCUT2D eigenvalue weighted by molar-refractivity contribution is 7.14. The van der Waals surface area contributed by atoms with Gasteiger partial charge < -0.3 is 0 Å². The van der Waals surface area contributed by atoms with E-state index in [9.17, 15) is 4.79 Å². The lowest BCUT2D eigenvalue weighted by molar-refractivity contribution is 0.0984. The Morgan fingerprint density at radius 2 is 2.17 bits per heavy atom. The second kappa shape index (κ2) is 5.69. The predicted octanol–water partition coefficient (Wildman–Crippen LogP) is 3.54. The molecule has 0 fully saturated rings. The molecule has 1 atom stereocenters. The number of amides is 1. The summed E-state index contributed by atoms with van der Waals surface area (Å²) >= 11 is 1.68. The molecule has 0 N–H and O–H groups in total. The van der Waals surface area contributed by atoms with Crippen LogP contribution in [0.1, 0.15) is 53.7 Å². The van der Waals surface area contributed by atoms with Gasteiger partial charge in [0.2, 0.25) is 5.95 Å². The third-order valence-electron chi connectivity index (χ3n) is 5.35. The first-order chi connectivity index (χ1) is 11.4. The third kappa shape index (κ3) is 2.66. The van der Waals surface area contributed by atoms with Crippen molar-refractivity contribution in [1.29, 1.82) is 0 Å². The number of fused-ring (bicyclic) bond motifs is 2. The second-order valence-electron chi connectivity index (χ2n) is 7.96. The average Bonchev–Trinajstić information content (AvgIpc) is 3.18. The molecule has 6 heteroatoms. The fourth-order valence-electron chi connectivity index (χ4n) is 3.80. The SMILES string of the molecule is CC(C)(C)[C@H]1CCc2sc(C(=O)N3CCCn4ncnc43)cc2C1. The molecule has 24 heavy (non-hydrogen) atoms. The van der Waals surface area contributed by atoms with Crippen molar-refractivity contribution in [2.24, 2.45) is 11.3 Å². The summed E-state index contributed by atoms with van der Waals surface area (Å²) in [6.07, 6.45) is 5.89. The predicted molar refractivity (Wildman–Crippen MR) is 95.6 cm³/mol. The van der Waals surface area contributed by atoms with Crippen LogP contribution in [0.15, 0.2) is 12.4 Å². The lowest BCUT2D eigenvalue weighted by Crippen LogP contribution is -2.37. The summed E-state index contributed by atoms with van der Waals surface area (Å²) in [5, 5.41) is 4.20. The van der Waals surface area contributed by atoms with Crippen LogP contribution in [-0.4, -0.2) is 27.2 Å². The number of rotatable bonds is 1. The van der Waals surface area contributed by atoms with Crippen LogP contribution in [0.4, 0.5) is 5.95 Å². The molecule has 0 saturated carbocycles. The quantitative estimate of drug-likeness (QED) is 0.795. The minimum Gasteiger partial charge on any atom is -0.276 e. The molecule has 5 nitrogen and oxygen atoms in total. The molecule has 2 aliphatic rings. The van der Waals surface area contributed by atoms with E-state index in [0.717, 1.165) is 37.2 Å². The molecule has 0 spiro atoms. The summed E-state index contributed by atoms with van der Waals surface area (Å²) < 4.78 is 1.82. The van der Waals surface area contributed by atoms with Gasteiger partial charge in [0.1, 0.15) is 6.33 Å². The summed E-state index contributed by atoms with van der Waals surface area (Å²) in [7, 11) is 0. The summed E-state index contributed by atoms with van der Waals surface area (Å²) in [6.45, 7) is 8.53. The highest BCUT2D eigenvalue weighted by atomic mass is 32.1. The smallest absolute Gasteiger partial charge is 0.270 e. The fourth-order valence-corrected chi connectivity index (χ4v) is 4.95. The molecule has 0 radical (unpaired) electrons. The van der Waals surface area contributed by atoms with Crippen LogP contribution in [0.25, 0.3) is 0 Å². The number of carbonyl (C=O) groups excluding carboxylic acids is 1. The molecule has 4 rings (SSSR count). The van der Waals surface area contributed by atoms with Crippen molar-refractivity contribution < 1.29 is 4.79 Å². The first-order valence-electron chi connectivity index (χ1n) is 8.75. The molecule has 2 aromatic rings. The molecule has 0 saturated heterocycles. The molecule has 1 amide bonds. The first kappa shape index (κ1) is 15.8. The van der Waals surface area contributed by atoms with Crippen molar-refractivity contribution in [2.75, 3.05) is 11.4 Å². The van der Waals surface area contributed by atoms with Gasteiger partial charge in [-0.15, -0.1) is 11.3 Å². The molecule has 0 aromatic carbocycles. The Morgan fingerprint density at radius 3 is 2.96 bits per heavy atom. The van der Waals surface area contributed by atoms with Gasteiger partial charge in [0.05, 0.1) is 4.88 Å². The van der Waals surface area contributed by atoms with Gasteiger partial charge in [-0.25, -0.2) is 4.68 Å². The number of anilines is 1. The van der Waals surface area contributed by atoms with Gasteiger partial charge in [0.25, 0.3) is 5.91 Å². The van der Waals surface area contributed by atoms with E-state index in [1.54, 1.807) is 16.2 Å². The molecule has 0 bridgehead atoms. The van der Waals surface area contributed by atoms with Crippen LogP contribution in [-0.2, 0) is 19.4 Å². The van der Waals surface area contributed by atoms with E-state index in [1.165, 1.54) is 23.2 Å². The molecular formula is C18H24N4OS. The second-order valence-corrected chi connectivity index (χ2v) is 9.10. The highest BCUT2D eigenvalue weighted by Crippen LogP contribution is 2.40. The third-order valence-corrected chi connectivity index (χ3v) is 6.58. The number of hydrogen-bond donors (Lipinski definition) is 0. The normalized spacial score (nSPS) is 20.6. The van der Waals surface area contributed by atoms with E-state index < -0.39 is 0 Å². The number of nitrogens with zero attached hydrogens (tertiary/aromatic N) is 4. The summed E-state index contributed by atoms with van der Waals surface area (Å²) in [6, 6.07) is 2.13. The number of thiophene rings is 1. The maximum Gasteiger partial charge on any atom is 0.270 e. The average molecular weight is 344 g/mol. The molecule has 3 heterocycles. The van der Waals surface area contributed by atoms with Crippen LogP contribution >= 0.6 is 11.3 Å². The van der Waals surface area contributed by atoms with E-state index in [0.29, 0.717) is 17.3 Å². The van der Waals surface area contributed by atoms with Crippen LogP contribution in [0.5, 0.6) is 0 Å². The van der Waals surface area contributed by atoms with Gasteiger partial charge in [-0.2, -0.15) is 10.1 Å². The Morgan fingerprint density at radius 1 is 1.33 bits per heavy atom. The number of aryl methyl sites for hydroxylation is 2. The molecule has 1 aliphatic carbocycles. The Balaban J connectivity index is 1.59. The Kier molecular flexibility index (Phi) is 3.75. The van der Waals surface area contributed by atoms with Gasteiger partial charge in [-0.05, 0) is 48.6 Å². The van der Waals surface area contributed by atoms with Crippen LogP contribution < -0.4 is 4.90 Å². The Hall–Kier alpha value is -1.69. The van der Waals surface area contributed by atoms with Crippen molar-refractivity contribution in [2.45, 2.75) is 53.0 Å². The topological polar surface area (TPSA) is 51.0 Å². The molecule has 2 aromatic heterocycles. The zero-order chi connectivity index (χ0) is 16.9. The van der Waals surface area contributed by atoms with Crippen molar-refractivity contribution in [3.05, 3.63) is 27.7 Å². The number of aromatic nitrogens is 3. The standard InChI is InChI=1S/C18H24N4OS/c1-18(2,3)13-5-6-14-12(9-13)10-15(24-14)16(23)21-7-4-8-22-17(21)19-11-20-22/h10-11,13H,4-9H2,1-3H3/t13-/m0/s1. The Bertz CT molecular complexity index is 770. The van der Waals surface area contributed by atoms with Gasteiger partial charge in [0.15, 0.2) is 0 Å². The van der Waals surface area contributed by atoms with E-state index in [4.69, 9.17) is 0 Å². The van der Waals surface area contributed by atoms with Crippen LogP contribution in [0.2, 0.25) is 0 Å². The fraction of sp³-hybridized carbons (Fsp3) is 0.611. The lowest BCUT2D eigenvalue weighted by atomic mass is 9.72. The monoisotopic (exact) mass is 344 g/mol. The molecular weight excluding hydrogens is 320 g/mol. The van der Waals surface area contributed by atoms with Gasteiger partial charge in [-0.3, -0.25) is 9.69 Å². The van der Waals surface area contributed by atoms with Crippen molar-refractivity contribution >= 4 is 23.2 Å². The van der Waals surface area contributed by atoms with Gasteiger partial charge >= 0.3 is 0 Å². The Labute approximate surface area is 146 Å². The summed E-state index contributed by atoms with van der Waals surface area (Å²) in [4.78, 5) is 21.3. The molecule has 1 aliphatic heterocycles. The van der Waals surface area contributed by atoms with E-state index in [-0.39, 0.29) is 5.91 Å². The summed E-state index contributed by atoms with van der Waals surface area (Å²) in [5.41, 5.74) is 1.71. The molecule has 0 unspecified atom stereocenters. The van der Waals surface area contributed by atoms with E-state index >= 15 is 0 Å². The maximum atomic E-state index is 13.0. The van der Waals surface area contributed by atoms with E-state index in [1.807, 2.05) is 4.68 Å². The zero-order valence-corrected chi connectivity index (χ0v) is 15.4. The van der Waals surface area contributed by atoms with E-state index in [2.05, 4.69) is 36.9 Å². The number of hydrogen-bond acceptors (Lipinski definition) is 4. The largest absolute Gasteiger partial charge is 0.276 e. The van der Waals surface area contributed by atoms with Crippen molar-refractivity contribution in [1.82, 2.24) is 14.8 Å². The lowest BCUT2D eigenvalue weighted by Gasteiger charge is -2.33. The zero-order valence-electron chi connectivity index (χ0n) is 14.6. The first-order valence-corrected chi connectivity index (χ1v) is 9.56. The van der Waals surface area contributed by atoms with Crippen molar-refractivity contribution in [3.63, 3.8) is 0 Å². The van der Waals surface area contributed by atoms with Crippen molar-refractivity contribution in [3.8, 4) is 0 Å². The van der Waals surface area contributed by atoms with Crippen LogP contribution in [0, 0.1) is 11.3 Å². The van der Waals surface area contributed by atoms with Gasteiger partial charge in [0, 0.05) is 18.0 Å². The maximum absolute atomic E-state index is 13.0. The minimum absolute atomic E-state index is 0.0793. The number of carbonyl (C=O) groups is 1. The van der Waals surface area contributed by atoms with Crippen LogP contribution in [0.3, 0.4) is 0 Å². The summed E-state index contributed by atoms with van der Waals surface area (Å²) in [5.74, 6) is 1.46. The molecule has 128 valence electrons. The minimum atomic E-state index is 0.0793. The van der Waals surface area contributed by atoms with Gasteiger partial charge in [-0.1, -0.05) is 20.8 Å².